The molecular weight excluding hydrogens is 432 g/mol. The van der Waals surface area contributed by atoms with Crippen molar-refractivity contribution >= 4 is 0 Å². The van der Waals surface area contributed by atoms with Crippen LogP contribution < -0.4 is 0 Å². The van der Waals surface area contributed by atoms with Gasteiger partial charge < -0.3 is 0 Å². The summed E-state index contributed by atoms with van der Waals surface area (Å²) in [6.45, 7) is 12.3. The second-order valence-electron chi connectivity index (χ2n) is 8.45. The first-order valence-corrected chi connectivity index (χ1v) is 13.1. The molecule has 5 rings (SSSR count). The molecule has 0 atom stereocenters. The highest BCUT2D eigenvalue weighted by Gasteiger charge is 2.10. The average Bonchev–Trinajstić information content (AvgIpc) is 2.95. The third-order valence-electron chi connectivity index (χ3n) is 5.98. The maximum absolute atomic E-state index is 2.30. The summed E-state index contributed by atoms with van der Waals surface area (Å²) in [5.41, 5.74) is 12.5. The third kappa shape index (κ3) is 6.40. The first-order valence-electron chi connectivity index (χ1n) is 13.1. The van der Waals surface area contributed by atoms with Crippen LogP contribution in [0.25, 0.3) is 44.5 Å². The maximum Gasteiger partial charge on any atom is -0.0105 e. The molecule has 0 saturated carbocycles. The van der Waals surface area contributed by atoms with Gasteiger partial charge in [-0.1, -0.05) is 148 Å². The summed E-state index contributed by atoms with van der Waals surface area (Å²) in [5.74, 6) is 0. The van der Waals surface area contributed by atoms with Crippen molar-refractivity contribution < 1.29 is 0 Å². The molecule has 5 aromatic carbocycles. The fourth-order valence-corrected chi connectivity index (χ4v) is 4.37. The molecule has 36 heavy (non-hydrogen) atoms. The van der Waals surface area contributed by atoms with E-state index < -0.39 is 0 Å². The van der Waals surface area contributed by atoms with E-state index in [1.165, 1.54) is 55.6 Å². The molecule has 0 nitrogen and oxygen atoms in total. The first-order chi connectivity index (χ1) is 17.7. The van der Waals surface area contributed by atoms with Crippen LogP contribution in [0.3, 0.4) is 0 Å². The van der Waals surface area contributed by atoms with Gasteiger partial charge in [0.15, 0.2) is 0 Å². The topological polar surface area (TPSA) is 0 Å². The van der Waals surface area contributed by atoms with Gasteiger partial charge in [-0.3, -0.25) is 0 Å². The Morgan fingerprint density at radius 2 is 0.611 bits per heavy atom. The Morgan fingerprint density at radius 3 is 0.972 bits per heavy atom. The molecule has 5 aromatic rings. The van der Waals surface area contributed by atoms with Gasteiger partial charge in [-0.2, -0.15) is 0 Å². The minimum atomic E-state index is 1.24. The highest BCUT2D eigenvalue weighted by Crippen LogP contribution is 2.35. The molecule has 0 saturated heterocycles. The summed E-state index contributed by atoms with van der Waals surface area (Å²) in [7, 11) is 0. The van der Waals surface area contributed by atoms with Crippen molar-refractivity contribution in [1.82, 2.24) is 0 Å². The lowest BCUT2D eigenvalue weighted by atomic mass is 9.91. The lowest BCUT2D eigenvalue weighted by Gasteiger charge is -2.13. The zero-order chi connectivity index (χ0) is 25.9. The molecule has 0 amide bonds. The smallest absolute Gasteiger partial charge is 0.0105 e. The molecule has 0 spiro atoms. The fraction of sp³-hybridized carbons (Fsp3) is 0.167. The number of hydrogen-bond acceptors (Lipinski definition) is 0. The predicted molar refractivity (Wildman–Crippen MR) is 160 cm³/mol. The molecule has 0 fully saturated rings. The van der Waals surface area contributed by atoms with E-state index in [2.05, 4.69) is 135 Å². The van der Waals surface area contributed by atoms with Crippen LogP contribution in [-0.4, -0.2) is 0 Å². The Labute approximate surface area is 218 Å². The molecule has 0 bridgehead atoms. The molecule has 182 valence electrons. The van der Waals surface area contributed by atoms with Crippen molar-refractivity contribution in [3.63, 3.8) is 0 Å². The zero-order valence-corrected chi connectivity index (χ0v) is 22.5. The molecule has 0 heterocycles. The van der Waals surface area contributed by atoms with Gasteiger partial charge in [0.05, 0.1) is 0 Å². The summed E-state index contributed by atoms with van der Waals surface area (Å²) < 4.78 is 0. The number of rotatable bonds is 4. The van der Waals surface area contributed by atoms with Crippen molar-refractivity contribution in [2.75, 3.05) is 0 Å². The van der Waals surface area contributed by atoms with Crippen LogP contribution in [0.2, 0.25) is 0 Å². The molecule has 0 aliphatic heterocycles. The van der Waals surface area contributed by atoms with E-state index >= 15 is 0 Å². The average molecular weight is 471 g/mol. The second kappa shape index (κ2) is 13.3. The quantitative estimate of drug-likeness (QED) is 0.245. The van der Waals surface area contributed by atoms with E-state index in [4.69, 9.17) is 0 Å². The van der Waals surface area contributed by atoms with E-state index in [1.807, 2.05) is 27.7 Å². The SMILES string of the molecule is CC.CC.Cc1cccc(-c2cccc(-c3ccccc3-c3cccc(-c4cccc(C)c4)c3)c2)c1. The van der Waals surface area contributed by atoms with Gasteiger partial charge in [-0.15, -0.1) is 0 Å². The number of hydrogen-bond donors (Lipinski definition) is 0. The molecule has 0 radical (unpaired) electrons. The second-order valence-corrected chi connectivity index (χ2v) is 8.45. The monoisotopic (exact) mass is 470 g/mol. The Bertz CT molecular complexity index is 1280. The van der Waals surface area contributed by atoms with Crippen LogP contribution in [0.5, 0.6) is 0 Å². The van der Waals surface area contributed by atoms with Crippen molar-refractivity contribution in [3.8, 4) is 44.5 Å². The lowest BCUT2D eigenvalue weighted by Crippen LogP contribution is -1.88. The summed E-state index contributed by atoms with van der Waals surface area (Å²) in [6, 6.07) is 43.8. The molecule has 0 unspecified atom stereocenters. The minimum Gasteiger partial charge on any atom is -0.0683 e. The third-order valence-corrected chi connectivity index (χ3v) is 5.98. The Kier molecular flexibility index (Phi) is 9.83. The molecule has 0 aliphatic rings. The van der Waals surface area contributed by atoms with Crippen molar-refractivity contribution in [2.24, 2.45) is 0 Å². The van der Waals surface area contributed by atoms with Crippen LogP contribution in [-0.2, 0) is 0 Å². The largest absolute Gasteiger partial charge is 0.0683 e. The normalized spacial score (nSPS) is 9.94. The molecule has 0 aliphatic carbocycles. The van der Waals surface area contributed by atoms with E-state index in [-0.39, 0.29) is 0 Å². The van der Waals surface area contributed by atoms with Crippen LogP contribution in [0.4, 0.5) is 0 Å². The summed E-state index contributed by atoms with van der Waals surface area (Å²) in [6.07, 6.45) is 0. The first kappa shape index (κ1) is 26.7. The molecule has 0 aromatic heterocycles. The van der Waals surface area contributed by atoms with Crippen LogP contribution in [0.15, 0.2) is 121 Å². The van der Waals surface area contributed by atoms with Crippen molar-refractivity contribution in [3.05, 3.63) is 132 Å². The van der Waals surface area contributed by atoms with E-state index in [0.29, 0.717) is 0 Å². The summed E-state index contributed by atoms with van der Waals surface area (Å²) >= 11 is 0. The maximum atomic E-state index is 2.30. The molecule has 0 heteroatoms. The van der Waals surface area contributed by atoms with E-state index in [9.17, 15) is 0 Å². The van der Waals surface area contributed by atoms with Gasteiger partial charge in [-0.25, -0.2) is 0 Å². The Hall–Kier alpha value is -3.90. The minimum absolute atomic E-state index is 1.24. The van der Waals surface area contributed by atoms with Crippen LogP contribution >= 0.6 is 0 Å². The number of aryl methyl sites for hydroxylation is 2. The van der Waals surface area contributed by atoms with Gasteiger partial charge in [0, 0.05) is 0 Å². The van der Waals surface area contributed by atoms with E-state index in [0.717, 1.165) is 0 Å². The predicted octanol–water partition coefficient (Wildman–Crippen LogP) is 11.0. The highest BCUT2D eigenvalue weighted by molar-refractivity contribution is 5.86. The molecular formula is C36H38. The van der Waals surface area contributed by atoms with Crippen LogP contribution in [0.1, 0.15) is 38.8 Å². The van der Waals surface area contributed by atoms with Gasteiger partial charge in [-0.05, 0) is 70.5 Å². The van der Waals surface area contributed by atoms with E-state index in [1.54, 1.807) is 0 Å². The van der Waals surface area contributed by atoms with Gasteiger partial charge in [0.1, 0.15) is 0 Å². The highest BCUT2D eigenvalue weighted by atomic mass is 14.1. The van der Waals surface area contributed by atoms with Crippen LogP contribution in [0, 0.1) is 13.8 Å². The summed E-state index contributed by atoms with van der Waals surface area (Å²) in [5, 5.41) is 0. The van der Waals surface area contributed by atoms with Crippen molar-refractivity contribution in [2.45, 2.75) is 41.5 Å². The lowest BCUT2D eigenvalue weighted by molar-refractivity contribution is 1.46. The fourth-order valence-electron chi connectivity index (χ4n) is 4.37. The Morgan fingerprint density at radius 1 is 0.306 bits per heavy atom. The van der Waals surface area contributed by atoms with Gasteiger partial charge in [0.25, 0.3) is 0 Å². The Balaban J connectivity index is 0.000000861. The standard InChI is InChI=1S/C32H26.2C2H6/c1-23-9-5-11-25(19-23)27-13-7-15-29(21-27)31-17-3-4-18-32(31)30-16-8-14-28(22-30)26-12-6-10-24(2)20-26;2*1-2/h3-22H,1-2H3;2*1-2H3. The molecule has 0 N–H and O–H groups in total. The van der Waals surface area contributed by atoms with Gasteiger partial charge in [0.2, 0.25) is 0 Å². The van der Waals surface area contributed by atoms with Crippen molar-refractivity contribution in [1.29, 1.82) is 0 Å². The van der Waals surface area contributed by atoms with Gasteiger partial charge >= 0.3 is 0 Å². The number of benzene rings is 5. The zero-order valence-electron chi connectivity index (χ0n) is 22.5. The summed E-state index contributed by atoms with van der Waals surface area (Å²) in [4.78, 5) is 0.